The Hall–Kier alpha value is -3.15. The van der Waals surface area contributed by atoms with Crippen molar-refractivity contribution in [2.24, 2.45) is 0 Å². The Balaban J connectivity index is 1.61. The van der Waals surface area contributed by atoms with Crippen LogP contribution in [0.4, 0.5) is 5.69 Å². The van der Waals surface area contributed by atoms with Crippen molar-refractivity contribution in [1.29, 1.82) is 0 Å². The molecule has 1 aromatic heterocycles. The molecule has 0 fully saturated rings. The zero-order valence-electron chi connectivity index (χ0n) is 13.5. The highest BCUT2D eigenvalue weighted by Crippen LogP contribution is 2.16. The van der Waals surface area contributed by atoms with Crippen molar-refractivity contribution in [2.75, 3.05) is 19.0 Å². The van der Waals surface area contributed by atoms with E-state index in [0.29, 0.717) is 11.4 Å². The summed E-state index contributed by atoms with van der Waals surface area (Å²) in [5.41, 5.74) is 2.33. The number of ether oxygens (including phenoxy) is 1. The van der Waals surface area contributed by atoms with Crippen molar-refractivity contribution < 1.29 is 14.1 Å². The molecule has 1 heterocycles. The molecular formula is C18H17N3O3. The van der Waals surface area contributed by atoms with Crippen LogP contribution in [0.15, 0.2) is 59.1 Å². The van der Waals surface area contributed by atoms with Gasteiger partial charge in [0.25, 0.3) is 5.89 Å². The lowest BCUT2D eigenvalue weighted by atomic mass is 10.2. The molecule has 6 heteroatoms. The molecule has 3 aromatic rings. The molecule has 0 N–H and O–H groups in total. The molecule has 0 spiro atoms. The molecule has 0 aliphatic carbocycles. The third kappa shape index (κ3) is 3.60. The topological polar surface area (TPSA) is 68.5 Å². The Bertz CT molecular complexity index is 811. The molecule has 0 atom stereocenters. The molecule has 0 saturated carbocycles. The zero-order chi connectivity index (χ0) is 16.9. The smallest absolute Gasteiger partial charge is 0.338 e. The van der Waals surface area contributed by atoms with Gasteiger partial charge in [-0.25, -0.2) is 4.79 Å². The predicted octanol–water partition coefficient (Wildman–Crippen LogP) is 3.16. The van der Waals surface area contributed by atoms with Gasteiger partial charge in [-0.3, -0.25) is 0 Å². The number of hydrogen-bond acceptors (Lipinski definition) is 6. The minimum absolute atomic E-state index is 0.0614. The van der Waals surface area contributed by atoms with Gasteiger partial charge in [0, 0.05) is 25.3 Å². The monoisotopic (exact) mass is 323 g/mol. The van der Waals surface area contributed by atoms with E-state index in [4.69, 9.17) is 9.26 Å². The van der Waals surface area contributed by atoms with Crippen LogP contribution in [0.3, 0.4) is 0 Å². The second-order valence-electron chi connectivity index (χ2n) is 5.40. The van der Waals surface area contributed by atoms with Gasteiger partial charge >= 0.3 is 5.97 Å². The summed E-state index contributed by atoms with van der Waals surface area (Å²) in [6, 6.07) is 16.6. The minimum Gasteiger partial charge on any atom is -0.452 e. The van der Waals surface area contributed by atoms with Crippen molar-refractivity contribution in [3.63, 3.8) is 0 Å². The fourth-order valence-electron chi connectivity index (χ4n) is 2.12. The molecule has 0 saturated heterocycles. The van der Waals surface area contributed by atoms with Gasteiger partial charge < -0.3 is 14.2 Å². The van der Waals surface area contributed by atoms with Crippen LogP contribution in [-0.2, 0) is 11.3 Å². The highest BCUT2D eigenvalue weighted by atomic mass is 16.6. The van der Waals surface area contributed by atoms with Crippen molar-refractivity contribution >= 4 is 11.7 Å². The highest BCUT2D eigenvalue weighted by Gasteiger charge is 2.12. The summed E-state index contributed by atoms with van der Waals surface area (Å²) in [6.07, 6.45) is 0. The standard InChI is InChI=1S/C18H17N3O3/c1-21(2)15-10-8-14(9-11-15)18(22)23-12-16-19-17(20-24-16)13-6-4-3-5-7-13/h3-11H,12H2,1-2H3. The maximum atomic E-state index is 12.1. The van der Waals surface area contributed by atoms with Crippen LogP contribution >= 0.6 is 0 Å². The van der Waals surface area contributed by atoms with E-state index in [-0.39, 0.29) is 12.5 Å². The van der Waals surface area contributed by atoms with E-state index in [2.05, 4.69) is 10.1 Å². The Kier molecular flexibility index (Phi) is 4.56. The van der Waals surface area contributed by atoms with Crippen molar-refractivity contribution in [1.82, 2.24) is 10.1 Å². The van der Waals surface area contributed by atoms with E-state index in [1.54, 1.807) is 12.1 Å². The minimum atomic E-state index is -0.431. The van der Waals surface area contributed by atoms with Crippen LogP contribution in [0.2, 0.25) is 0 Å². The van der Waals surface area contributed by atoms with Crippen LogP contribution in [0.1, 0.15) is 16.2 Å². The molecule has 3 rings (SSSR count). The first-order chi connectivity index (χ1) is 11.6. The number of carbonyl (C=O) groups excluding carboxylic acids is 1. The molecule has 0 bridgehead atoms. The van der Waals surface area contributed by atoms with Crippen LogP contribution in [0.25, 0.3) is 11.4 Å². The Morgan fingerprint density at radius 1 is 1.08 bits per heavy atom. The molecule has 24 heavy (non-hydrogen) atoms. The van der Waals surface area contributed by atoms with Gasteiger partial charge in [-0.05, 0) is 24.3 Å². The first-order valence-corrected chi connectivity index (χ1v) is 7.46. The Morgan fingerprint density at radius 2 is 1.79 bits per heavy atom. The van der Waals surface area contributed by atoms with Gasteiger partial charge in [-0.2, -0.15) is 4.98 Å². The van der Waals surface area contributed by atoms with Gasteiger partial charge in [0.1, 0.15) is 0 Å². The van der Waals surface area contributed by atoms with E-state index in [0.717, 1.165) is 11.3 Å². The first-order valence-electron chi connectivity index (χ1n) is 7.46. The molecule has 0 aliphatic heterocycles. The van der Waals surface area contributed by atoms with Gasteiger partial charge in [0.2, 0.25) is 5.82 Å². The van der Waals surface area contributed by atoms with E-state index < -0.39 is 5.97 Å². The Labute approximate surface area is 139 Å². The lowest BCUT2D eigenvalue weighted by molar-refractivity contribution is 0.0430. The summed E-state index contributed by atoms with van der Waals surface area (Å²) in [6.45, 7) is -0.0614. The normalized spacial score (nSPS) is 10.4. The second-order valence-corrected chi connectivity index (χ2v) is 5.40. The molecular weight excluding hydrogens is 306 g/mol. The fraction of sp³-hybridized carbons (Fsp3) is 0.167. The fourth-order valence-corrected chi connectivity index (χ4v) is 2.12. The van der Waals surface area contributed by atoms with E-state index in [9.17, 15) is 4.79 Å². The summed E-state index contributed by atoms with van der Waals surface area (Å²) >= 11 is 0. The highest BCUT2D eigenvalue weighted by molar-refractivity contribution is 5.89. The summed E-state index contributed by atoms with van der Waals surface area (Å²) in [7, 11) is 3.88. The van der Waals surface area contributed by atoms with Gasteiger partial charge in [-0.15, -0.1) is 0 Å². The van der Waals surface area contributed by atoms with E-state index in [1.165, 1.54) is 0 Å². The van der Waals surface area contributed by atoms with Crippen LogP contribution in [0, 0.1) is 0 Å². The molecule has 6 nitrogen and oxygen atoms in total. The van der Waals surface area contributed by atoms with Crippen LogP contribution in [-0.4, -0.2) is 30.2 Å². The number of rotatable bonds is 5. The van der Waals surface area contributed by atoms with Gasteiger partial charge in [-0.1, -0.05) is 35.5 Å². The maximum Gasteiger partial charge on any atom is 0.338 e. The lowest BCUT2D eigenvalue weighted by Gasteiger charge is -2.12. The van der Waals surface area contributed by atoms with E-state index in [1.807, 2.05) is 61.5 Å². The Morgan fingerprint density at radius 3 is 2.46 bits per heavy atom. The summed E-state index contributed by atoms with van der Waals surface area (Å²) in [4.78, 5) is 18.2. The van der Waals surface area contributed by atoms with Crippen molar-refractivity contribution in [3.05, 3.63) is 66.1 Å². The third-order valence-corrected chi connectivity index (χ3v) is 3.45. The average Bonchev–Trinajstić information content (AvgIpc) is 3.09. The maximum absolute atomic E-state index is 12.1. The number of carbonyl (C=O) groups is 1. The van der Waals surface area contributed by atoms with Crippen LogP contribution < -0.4 is 4.90 Å². The summed E-state index contributed by atoms with van der Waals surface area (Å²) in [5.74, 6) is 0.295. The number of anilines is 1. The largest absolute Gasteiger partial charge is 0.452 e. The summed E-state index contributed by atoms with van der Waals surface area (Å²) in [5, 5.41) is 3.89. The molecule has 0 radical (unpaired) electrons. The molecule has 0 aliphatic rings. The van der Waals surface area contributed by atoms with E-state index >= 15 is 0 Å². The first kappa shape index (κ1) is 15.7. The van der Waals surface area contributed by atoms with Crippen LogP contribution in [0.5, 0.6) is 0 Å². The second kappa shape index (κ2) is 6.95. The van der Waals surface area contributed by atoms with Gasteiger partial charge in [0.05, 0.1) is 5.56 Å². The lowest BCUT2D eigenvalue weighted by Crippen LogP contribution is -2.09. The van der Waals surface area contributed by atoms with Crippen molar-refractivity contribution in [2.45, 2.75) is 6.61 Å². The number of benzene rings is 2. The van der Waals surface area contributed by atoms with Gasteiger partial charge in [0.15, 0.2) is 6.61 Å². The number of esters is 1. The quantitative estimate of drug-likeness (QED) is 0.672. The average molecular weight is 323 g/mol. The molecule has 122 valence electrons. The number of hydrogen-bond donors (Lipinski definition) is 0. The van der Waals surface area contributed by atoms with Crippen molar-refractivity contribution in [3.8, 4) is 11.4 Å². The zero-order valence-corrected chi connectivity index (χ0v) is 13.5. The predicted molar refractivity (Wildman–Crippen MR) is 89.6 cm³/mol. The molecule has 0 unspecified atom stereocenters. The molecule has 2 aromatic carbocycles. The SMILES string of the molecule is CN(C)c1ccc(C(=O)OCc2nc(-c3ccccc3)no2)cc1. The summed E-state index contributed by atoms with van der Waals surface area (Å²) < 4.78 is 10.3. The third-order valence-electron chi connectivity index (χ3n) is 3.45. The molecule has 0 amide bonds. The number of nitrogens with zero attached hydrogens (tertiary/aromatic N) is 3. The number of aromatic nitrogens is 2.